The van der Waals surface area contributed by atoms with Crippen LogP contribution in [0.5, 0.6) is 0 Å². The highest BCUT2D eigenvalue weighted by Crippen LogP contribution is 2.34. The molecule has 1 saturated carbocycles. The molecular formula is C18H21N3O. The molecule has 1 heterocycles. The molecule has 1 aromatic carbocycles. The molecule has 2 atom stereocenters. The van der Waals surface area contributed by atoms with Gasteiger partial charge in [0.1, 0.15) is 0 Å². The number of hydrogen-bond acceptors (Lipinski definition) is 3. The molecule has 0 bridgehead atoms. The van der Waals surface area contributed by atoms with E-state index in [4.69, 9.17) is 0 Å². The maximum Gasteiger partial charge on any atom is 0.238 e. The van der Waals surface area contributed by atoms with E-state index >= 15 is 0 Å². The van der Waals surface area contributed by atoms with E-state index in [0.717, 1.165) is 12.1 Å². The average molecular weight is 295 g/mol. The molecule has 22 heavy (non-hydrogen) atoms. The predicted octanol–water partition coefficient (Wildman–Crippen LogP) is 2.95. The fourth-order valence-corrected chi connectivity index (χ4v) is 3.17. The van der Waals surface area contributed by atoms with Crippen LogP contribution in [0.2, 0.25) is 0 Å². The Morgan fingerprint density at radius 2 is 1.86 bits per heavy atom. The molecule has 3 rings (SSSR count). The van der Waals surface area contributed by atoms with Crippen molar-refractivity contribution in [2.24, 2.45) is 0 Å². The molecule has 1 aliphatic carbocycles. The Bertz CT molecular complexity index is 600. The van der Waals surface area contributed by atoms with Gasteiger partial charge in [0.05, 0.1) is 6.54 Å². The third kappa shape index (κ3) is 3.71. The number of carbonyl (C=O) groups is 1. The predicted molar refractivity (Wildman–Crippen MR) is 87.7 cm³/mol. The van der Waals surface area contributed by atoms with Crippen LogP contribution in [0, 0.1) is 0 Å². The number of anilines is 1. The Hall–Kier alpha value is -2.20. The Morgan fingerprint density at radius 3 is 2.64 bits per heavy atom. The Balaban J connectivity index is 1.53. The van der Waals surface area contributed by atoms with Gasteiger partial charge in [-0.2, -0.15) is 0 Å². The van der Waals surface area contributed by atoms with Crippen molar-refractivity contribution in [1.29, 1.82) is 0 Å². The summed E-state index contributed by atoms with van der Waals surface area (Å²) in [5.41, 5.74) is 2.15. The van der Waals surface area contributed by atoms with Gasteiger partial charge in [0.15, 0.2) is 0 Å². The zero-order valence-corrected chi connectivity index (χ0v) is 12.5. The summed E-state index contributed by atoms with van der Waals surface area (Å²) in [6.07, 6.45) is 6.87. The molecule has 0 unspecified atom stereocenters. The molecule has 4 heteroatoms. The van der Waals surface area contributed by atoms with Crippen LogP contribution in [0.15, 0.2) is 54.9 Å². The quantitative estimate of drug-likeness (QED) is 0.891. The monoisotopic (exact) mass is 295 g/mol. The molecule has 1 aromatic heterocycles. The maximum absolute atomic E-state index is 12.0. The van der Waals surface area contributed by atoms with Crippen LogP contribution < -0.4 is 10.6 Å². The van der Waals surface area contributed by atoms with Gasteiger partial charge in [-0.25, -0.2) is 0 Å². The number of nitrogens with zero attached hydrogens (tertiary/aromatic N) is 1. The molecule has 0 radical (unpaired) electrons. The molecule has 114 valence electrons. The number of amides is 1. The van der Waals surface area contributed by atoms with Crippen LogP contribution in [-0.4, -0.2) is 23.5 Å². The van der Waals surface area contributed by atoms with E-state index in [-0.39, 0.29) is 5.91 Å². The summed E-state index contributed by atoms with van der Waals surface area (Å²) in [6, 6.07) is 14.5. The first-order chi connectivity index (χ1) is 10.8. The van der Waals surface area contributed by atoms with E-state index in [2.05, 4.69) is 39.9 Å². The topological polar surface area (TPSA) is 54.0 Å². The number of carbonyl (C=O) groups excluding carboxylic acids is 1. The molecule has 0 spiro atoms. The number of rotatable bonds is 5. The van der Waals surface area contributed by atoms with E-state index in [1.807, 2.05) is 6.07 Å². The SMILES string of the molecule is O=C(CN[C@H]1CCC[C@H]1c1ccccc1)Nc1ccncc1. The lowest BCUT2D eigenvalue weighted by atomic mass is 9.94. The van der Waals surface area contributed by atoms with Gasteiger partial charge in [0, 0.05) is 24.1 Å². The minimum Gasteiger partial charge on any atom is -0.325 e. The lowest BCUT2D eigenvalue weighted by Crippen LogP contribution is -2.37. The maximum atomic E-state index is 12.0. The zero-order chi connectivity index (χ0) is 15.2. The number of pyridine rings is 1. The van der Waals surface area contributed by atoms with E-state index in [1.165, 1.54) is 18.4 Å². The summed E-state index contributed by atoms with van der Waals surface area (Å²) in [5.74, 6) is 0.500. The summed E-state index contributed by atoms with van der Waals surface area (Å²) in [4.78, 5) is 16.0. The molecule has 0 saturated heterocycles. The summed E-state index contributed by atoms with van der Waals surface area (Å²) < 4.78 is 0. The van der Waals surface area contributed by atoms with Crippen molar-refractivity contribution in [3.63, 3.8) is 0 Å². The number of hydrogen-bond donors (Lipinski definition) is 2. The Kier molecular flexibility index (Phi) is 4.81. The smallest absolute Gasteiger partial charge is 0.238 e. The van der Waals surface area contributed by atoms with Crippen molar-refractivity contribution >= 4 is 11.6 Å². The average Bonchev–Trinajstić information content (AvgIpc) is 3.03. The minimum absolute atomic E-state index is 0.00934. The standard InChI is InChI=1S/C18H21N3O/c22-18(21-15-9-11-19-12-10-15)13-20-17-8-4-7-16(17)14-5-2-1-3-6-14/h1-3,5-6,9-12,16-17,20H,4,7-8,13H2,(H,19,21,22)/t16-,17-/m0/s1. The fourth-order valence-electron chi connectivity index (χ4n) is 3.17. The summed E-state index contributed by atoms with van der Waals surface area (Å²) in [6.45, 7) is 0.344. The largest absolute Gasteiger partial charge is 0.325 e. The third-order valence-electron chi connectivity index (χ3n) is 4.23. The highest BCUT2D eigenvalue weighted by atomic mass is 16.1. The normalized spacial score (nSPS) is 20.7. The second-order valence-electron chi connectivity index (χ2n) is 5.72. The van der Waals surface area contributed by atoms with E-state index in [0.29, 0.717) is 18.5 Å². The second kappa shape index (κ2) is 7.18. The first-order valence-electron chi connectivity index (χ1n) is 7.81. The highest BCUT2D eigenvalue weighted by Gasteiger charge is 2.28. The molecule has 2 aromatic rings. The molecule has 0 aliphatic heterocycles. The molecule has 1 fully saturated rings. The lowest BCUT2D eigenvalue weighted by Gasteiger charge is -2.21. The van der Waals surface area contributed by atoms with Crippen LogP contribution >= 0.6 is 0 Å². The number of benzene rings is 1. The first kappa shape index (κ1) is 14.7. The van der Waals surface area contributed by atoms with E-state index in [1.54, 1.807) is 24.5 Å². The lowest BCUT2D eigenvalue weighted by molar-refractivity contribution is -0.115. The van der Waals surface area contributed by atoms with Crippen molar-refractivity contribution < 1.29 is 4.79 Å². The van der Waals surface area contributed by atoms with Crippen molar-refractivity contribution in [1.82, 2.24) is 10.3 Å². The summed E-state index contributed by atoms with van der Waals surface area (Å²) >= 11 is 0. The summed E-state index contributed by atoms with van der Waals surface area (Å²) in [7, 11) is 0. The highest BCUT2D eigenvalue weighted by molar-refractivity contribution is 5.92. The molecule has 1 amide bonds. The van der Waals surface area contributed by atoms with Crippen LogP contribution in [0.3, 0.4) is 0 Å². The van der Waals surface area contributed by atoms with Crippen LogP contribution in [0.4, 0.5) is 5.69 Å². The van der Waals surface area contributed by atoms with Gasteiger partial charge in [-0.05, 0) is 36.5 Å². The van der Waals surface area contributed by atoms with Crippen LogP contribution in [-0.2, 0) is 4.79 Å². The third-order valence-corrected chi connectivity index (χ3v) is 4.23. The fraction of sp³-hybridized carbons (Fsp3) is 0.333. The van der Waals surface area contributed by atoms with Crippen molar-refractivity contribution in [2.45, 2.75) is 31.2 Å². The van der Waals surface area contributed by atoms with E-state index < -0.39 is 0 Å². The van der Waals surface area contributed by atoms with Gasteiger partial charge < -0.3 is 10.6 Å². The van der Waals surface area contributed by atoms with Crippen molar-refractivity contribution in [2.75, 3.05) is 11.9 Å². The Morgan fingerprint density at radius 1 is 1.09 bits per heavy atom. The molecular weight excluding hydrogens is 274 g/mol. The molecule has 4 nitrogen and oxygen atoms in total. The van der Waals surface area contributed by atoms with Crippen LogP contribution in [0.25, 0.3) is 0 Å². The van der Waals surface area contributed by atoms with Gasteiger partial charge in [0.25, 0.3) is 0 Å². The minimum atomic E-state index is -0.00934. The van der Waals surface area contributed by atoms with Gasteiger partial charge >= 0.3 is 0 Å². The number of aromatic nitrogens is 1. The molecule has 1 aliphatic rings. The number of nitrogens with one attached hydrogen (secondary N) is 2. The van der Waals surface area contributed by atoms with Crippen molar-refractivity contribution in [3.8, 4) is 0 Å². The van der Waals surface area contributed by atoms with Gasteiger partial charge in [0.2, 0.25) is 5.91 Å². The van der Waals surface area contributed by atoms with Gasteiger partial charge in [-0.3, -0.25) is 9.78 Å². The second-order valence-corrected chi connectivity index (χ2v) is 5.72. The molecule has 2 N–H and O–H groups in total. The van der Waals surface area contributed by atoms with Crippen LogP contribution in [0.1, 0.15) is 30.7 Å². The zero-order valence-electron chi connectivity index (χ0n) is 12.5. The van der Waals surface area contributed by atoms with Gasteiger partial charge in [-0.15, -0.1) is 0 Å². The Labute approximate surface area is 131 Å². The summed E-state index contributed by atoms with van der Waals surface area (Å²) in [5, 5.41) is 6.30. The van der Waals surface area contributed by atoms with Gasteiger partial charge in [-0.1, -0.05) is 36.8 Å². The van der Waals surface area contributed by atoms with Crippen molar-refractivity contribution in [3.05, 3.63) is 60.4 Å². The van der Waals surface area contributed by atoms with E-state index in [9.17, 15) is 4.79 Å². The first-order valence-corrected chi connectivity index (χ1v) is 7.81.